The summed E-state index contributed by atoms with van der Waals surface area (Å²) in [5.41, 5.74) is 6.91. The van der Waals surface area contributed by atoms with Crippen LogP contribution in [0.1, 0.15) is 24.3 Å². The predicted molar refractivity (Wildman–Crippen MR) is 84.6 cm³/mol. The number of alkyl halides is 2. The van der Waals surface area contributed by atoms with Crippen LogP contribution in [0.3, 0.4) is 0 Å². The fourth-order valence-corrected chi connectivity index (χ4v) is 5.20. The minimum atomic E-state index is -3.76. The second-order valence-electron chi connectivity index (χ2n) is 6.21. The van der Waals surface area contributed by atoms with E-state index in [1.54, 1.807) is 12.1 Å². The lowest BCUT2D eigenvalue weighted by Crippen LogP contribution is -2.53. The molecule has 2 aromatic rings. The van der Waals surface area contributed by atoms with E-state index in [0.29, 0.717) is 25.2 Å². The number of nitrogens with two attached hydrogens (primary N) is 1. The third-order valence-corrected chi connectivity index (χ3v) is 6.54. The van der Waals surface area contributed by atoms with Crippen molar-refractivity contribution in [2.24, 2.45) is 5.73 Å². The van der Waals surface area contributed by atoms with Gasteiger partial charge in [0.2, 0.25) is 15.9 Å². The molecule has 1 saturated heterocycles. The molecule has 0 radical (unpaired) electrons. The van der Waals surface area contributed by atoms with Crippen LogP contribution in [0.4, 0.5) is 8.78 Å². The Balaban J connectivity index is 1.68. The van der Waals surface area contributed by atoms with E-state index in [0.717, 1.165) is 0 Å². The van der Waals surface area contributed by atoms with Gasteiger partial charge in [0.1, 0.15) is 0 Å². The lowest BCUT2D eigenvalue weighted by atomic mass is 10.0. The molecule has 2 aliphatic heterocycles. The molecule has 2 atom stereocenters. The monoisotopic (exact) mass is 386 g/mol. The van der Waals surface area contributed by atoms with Gasteiger partial charge in [0.25, 0.3) is 5.89 Å². The van der Waals surface area contributed by atoms with E-state index in [-0.39, 0.29) is 28.9 Å². The molecule has 0 amide bonds. The van der Waals surface area contributed by atoms with E-state index in [9.17, 15) is 17.2 Å². The highest BCUT2D eigenvalue weighted by molar-refractivity contribution is 7.89. The zero-order valence-electron chi connectivity index (χ0n) is 13.5. The molecular formula is C15H16F2N4O4S. The van der Waals surface area contributed by atoms with Crippen LogP contribution in [-0.2, 0) is 21.3 Å². The summed E-state index contributed by atoms with van der Waals surface area (Å²) in [5.74, 6) is -0.960. The van der Waals surface area contributed by atoms with Crippen LogP contribution in [0.15, 0.2) is 27.5 Å². The zero-order valence-corrected chi connectivity index (χ0v) is 14.3. The van der Waals surface area contributed by atoms with Crippen molar-refractivity contribution >= 4 is 10.0 Å². The van der Waals surface area contributed by atoms with Gasteiger partial charge < -0.3 is 14.9 Å². The first-order valence-corrected chi connectivity index (χ1v) is 9.42. The maximum absolute atomic E-state index is 13.0. The standard InChI is InChI=1S/C15H16F2N4O4S/c16-13(17)15-20-19-14(25-15)8-1-2-9-6-21(26(22,23)12(9)5-8)11-3-4-24-7-10(11)18/h1-2,5,10-11,13H,3-4,6-7,18H2/t10-,11-/m1/s1. The second-order valence-corrected chi connectivity index (χ2v) is 8.07. The average Bonchev–Trinajstić information content (AvgIpc) is 3.19. The van der Waals surface area contributed by atoms with Crippen LogP contribution >= 0.6 is 0 Å². The summed E-state index contributed by atoms with van der Waals surface area (Å²) < 4.78 is 62.7. The Bertz CT molecular complexity index is 933. The molecule has 11 heteroatoms. The Labute approximate surface area is 148 Å². The third-order valence-electron chi connectivity index (χ3n) is 4.59. The molecule has 1 aromatic carbocycles. The Morgan fingerprint density at radius 2 is 2.12 bits per heavy atom. The van der Waals surface area contributed by atoms with Gasteiger partial charge in [-0.2, -0.15) is 13.1 Å². The minimum Gasteiger partial charge on any atom is -0.415 e. The van der Waals surface area contributed by atoms with Crippen molar-refractivity contribution in [2.75, 3.05) is 13.2 Å². The summed E-state index contributed by atoms with van der Waals surface area (Å²) in [7, 11) is -3.76. The van der Waals surface area contributed by atoms with Crippen molar-refractivity contribution in [3.05, 3.63) is 29.7 Å². The quantitative estimate of drug-likeness (QED) is 0.846. The fraction of sp³-hybridized carbons (Fsp3) is 0.467. The second kappa shape index (κ2) is 6.34. The molecule has 0 spiro atoms. The van der Waals surface area contributed by atoms with Crippen molar-refractivity contribution in [3.8, 4) is 11.5 Å². The first kappa shape index (κ1) is 17.5. The van der Waals surface area contributed by atoms with Crippen molar-refractivity contribution in [1.82, 2.24) is 14.5 Å². The van der Waals surface area contributed by atoms with Crippen LogP contribution in [-0.4, -0.2) is 48.2 Å². The van der Waals surface area contributed by atoms with Gasteiger partial charge in [-0.25, -0.2) is 8.42 Å². The van der Waals surface area contributed by atoms with E-state index in [1.165, 1.54) is 10.4 Å². The molecule has 1 fully saturated rings. The smallest absolute Gasteiger partial charge is 0.314 e. The summed E-state index contributed by atoms with van der Waals surface area (Å²) in [5, 5.41) is 6.82. The Hall–Kier alpha value is -1.95. The Morgan fingerprint density at radius 1 is 1.31 bits per heavy atom. The predicted octanol–water partition coefficient (Wildman–Crippen LogP) is 1.29. The SMILES string of the molecule is N[C@@H]1COCC[C@H]1N1Cc2ccc(-c3nnc(C(F)F)o3)cc2S1(=O)=O. The van der Waals surface area contributed by atoms with Gasteiger partial charge >= 0.3 is 6.43 Å². The highest BCUT2D eigenvalue weighted by Crippen LogP contribution is 2.36. The number of hydrogen-bond donors (Lipinski definition) is 1. The first-order chi connectivity index (χ1) is 12.4. The van der Waals surface area contributed by atoms with Gasteiger partial charge in [0.05, 0.1) is 11.5 Å². The number of ether oxygens (including phenoxy) is 1. The van der Waals surface area contributed by atoms with E-state index in [4.69, 9.17) is 14.9 Å². The largest absolute Gasteiger partial charge is 0.415 e. The minimum absolute atomic E-state index is 0.102. The lowest BCUT2D eigenvalue weighted by Gasteiger charge is -2.34. The van der Waals surface area contributed by atoms with Crippen LogP contribution < -0.4 is 5.73 Å². The van der Waals surface area contributed by atoms with Crippen LogP contribution in [0.25, 0.3) is 11.5 Å². The van der Waals surface area contributed by atoms with Gasteiger partial charge in [0.15, 0.2) is 0 Å². The number of sulfonamides is 1. The van der Waals surface area contributed by atoms with Crippen LogP contribution in [0.5, 0.6) is 0 Å². The van der Waals surface area contributed by atoms with E-state index in [2.05, 4.69) is 10.2 Å². The molecule has 2 N–H and O–H groups in total. The summed E-state index contributed by atoms with van der Waals surface area (Å²) >= 11 is 0. The highest BCUT2D eigenvalue weighted by Gasteiger charge is 2.42. The van der Waals surface area contributed by atoms with Crippen LogP contribution in [0.2, 0.25) is 0 Å². The number of halogens is 2. The fourth-order valence-electron chi connectivity index (χ4n) is 3.28. The van der Waals surface area contributed by atoms with Crippen molar-refractivity contribution in [1.29, 1.82) is 0 Å². The van der Waals surface area contributed by atoms with Gasteiger partial charge in [-0.15, -0.1) is 10.2 Å². The molecule has 8 nitrogen and oxygen atoms in total. The van der Waals surface area contributed by atoms with Crippen molar-refractivity contribution in [3.63, 3.8) is 0 Å². The van der Waals surface area contributed by atoms with E-state index in [1.807, 2.05) is 0 Å². The molecule has 0 unspecified atom stereocenters. The number of rotatable bonds is 3. The number of benzene rings is 1. The van der Waals surface area contributed by atoms with Gasteiger partial charge in [-0.1, -0.05) is 6.07 Å². The lowest BCUT2D eigenvalue weighted by molar-refractivity contribution is 0.0413. The molecule has 0 aliphatic carbocycles. The normalized spacial score (nSPS) is 25.5. The maximum atomic E-state index is 13.0. The van der Waals surface area contributed by atoms with Gasteiger partial charge in [-0.3, -0.25) is 0 Å². The Morgan fingerprint density at radius 3 is 2.81 bits per heavy atom. The summed E-state index contributed by atoms with van der Waals surface area (Å²) in [6, 6.07) is 3.82. The maximum Gasteiger partial charge on any atom is 0.314 e. The summed E-state index contributed by atoms with van der Waals surface area (Å²) in [6.07, 6.45) is -2.37. The highest BCUT2D eigenvalue weighted by atomic mass is 32.2. The van der Waals surface area contributed by atoms with Crippen LogP contribution in [0, 0.1) is 0 Å². The molecule has 140 valence electrons. The van der Waals surface area contributed by atoms with Crippen molar-refractivity contribution < 1.29 is 26.4 Å². The number of aromatic nitrogens is 2. The molecule has 3 heterocycles. The van der Waals surface area contributed by atoms with Crippen molar-refractivity contribution in [2.45, 2.75) is 36.4 Å². The number of hydrogen-bond acceptors (Lipinski definition) is 7. The molecule has 26 heavy (non-hydrogen) atoms. The third kappa shape index (κ3) is 2.80. The summed E-state index contributed by atoms with van der Waals surface area (Å²) in [4.78, 5) is 0.102. The molecule has 0 saturated carbocycles. The molecule has 2 aliphatic rings. The van der Waals surface area contributed by atoms with Gasteiger partial charge in [-0.05, 0) is 24.1 Å². The number of nitrogens with zero attached hydrogens (tertiary/aromatic N) is 3. The topological polar surface area (TPSA) is 112 Å². The molecule has 1 aromatic heterocycles. The molecule has 0 bridgehead atoms. The Kier molecular flexibility index (Phi) is 4.26. The van der Waals surface area contributed by atoms with Gasteiger partial charge in [0, 0.05) is 30.8 Å². The zero-order chi connectivity index (χ0) is 18.5. The summed E-state index contributed by atoms with van der Waals surface area (Å²) in [6.45, 7) is 0.962. The molecular weight excluding hydrogens is 370 g/mol. The van der Waals surface area contributed by atoms with E-state index >= 15 is 0 Å². The number of fused-ring (bicyclic) bond motifs is 1. The molecule has 4 rings (SSSR count). The first-order valence-electron chi connectivity index (χ1n) is 7.98. The van der Waals surface area contributed by atoms with E-state index < -0.39 is 28.4 Å². The average molecular weight is 386 g/mol.